The van der Waals surface area contributed by atoms with Crippen LogP contribution >= 0.6 is 0 Å². The van der Waals surface area contributed by atoms with E-state index in [2.05, 4.69) is 23.4 Å². The van der Waals surface area contributed by atoms with Crippen LogP contribution in [0.3, 0.4) is 0 Å². The molecule has 0 unspecified atom stereocenters. The number of nitro groups is 1. The molecule has 0 N–H and O–H groups in total. The van der Waals surface area contributed by atoms with Gasteiger partial charge in [-0.15, -0.1) is 0 Å². The van der Waals surface area contributed by atoms with E-state index in [0.29, 0.717) is 35.6 Å². The van der Waals surface area contributed by atoms with Crippen LogP contribution < -0.4 is 4.90 Å². The number of nitro benzene ring substituents is 1. The van der Waals surface area contributed by atoms with Crippen molar-refractivity contribution in [3.8, 4) is 0 Å². The molecule has 178 valence electrons. The van der Waals surface area contributed by atoms with Crippen molar-refractivity contribution in [2.45, 2.75) is 13.8 Å². The minimum atomic E-state index is -0.482. The molecule has 10 nitrogen and oxygen atoms in total. The van der Waals surface area contributed by atoms with E-state index in [9.17, 15) is 19.7 Å². The molecule has 0 atom stereocenters. The highest BCUT2D eigenvalue weighted by atomic mass is 16.6. The Morgan fingerprint density at radius 3 is 1.65 bits per heavy atom. The Hall–Kier alpha value is -4.34. The Morgan fingerprint density at radius 1 is 0.853 bits per heavy atom. The highest BCUT2D eigenvalue weighted by Crippen LogP contribution is 2.23. The zero-order valence-corrected chi connectivity index (χ0v) is 19.1. The number of benzene rings is 2. The molecule has 0 spiro atoms. The predicted molar refractivity (Wildman–Crippen MR) is 127 cm³/mol. The average Bonchev–Trinajstić information content (AvgIpc) is 2.82. The Bertz CT molecular complexity index is 1050. The molecule has 0 aliphatic heterocycles. The van der Waals surface area contributed by atoms with Crippen LogP contribution in [-0.2, 0) is 19.1 Å². The maximum Gasteiger partial charge on any atom is 0.333 e. The number of azo groups is 1. The Kier molecular flexibility index (Phi) is 9.63. The summed E-state index contributed by atoms with van der Waals surface area (Å²) in [5.74, 6) is -0.952. The molecular weight excluding hydrogens is 440 g/mol. The van der Waals surface area contributed by atoms with E-state index in [1.54, 1.807) is 26.0 Å². The van der Waals surface area contributed by atoms with Crippen LogP contribution in [0.15, 0.2) is 83.1 Å². The molecule has 2 aromatic rings. The molecule has 0 saturated heterocycles. The molecule has 0 saturated carbocycles. The van der Waals surface area contributed by atoms with Gasteiger partial charge in [0.2, 0.25) is 0 Å². The molecule has 0 amide bonds. The topological polar surface area (TPSA) is 124 Å². The standard InChI is InChI=1S/C24H26N4O6/c1-17(2)23(29)33-15-13-27(14-16-34-24(30)18(3)4)21-9-5-19(6-10-21)25-26-20-7-11-22(12-8-20)28(31)32/h5-12H,1,3,13-16H2,2,4H3. The molecular formula is C24H26N4O6. The first kappa shape index (κ1) is 25.9. The maximum atomic E-state index is 11.6. The van der Waals surface area contributed by atoms with Crippen molar-refractivity contribution in [3.63, 3.8) is 0 Å². The van der Waals surface area contributed by atoms with Gasteiger partial charge in [-0.1, -0.05) is 13.2 Å². The van der Waals surface area contributed by atoms with E-state index in [-0.39, 0.29) is 18.9 Å². The van der Waals surface area contributed by atoms with Crippen LogP contribution in [0.1, 0.15) is 13.8 Å². The summed E-state index contributed by atoms with van der Waals surface area (Å²) >= 11 is 0. The van der Waals surface area contributed by atoms with Gasteiger partial charge in [0.05, 0.1) is 29.4 Å². The molecule has 2 rings (SSSR count). The Balaban J connectivity index is 2.05. The molecule has 34 heavy (non-hydrogen) atoms. The fraction of sp³-hybridized carbons (Fsp3) is 0.250. The first-order valence-electron chi connectivity index (χ1n) is 10.3. The number of non-ortho nitro benzene ring substituents is 1. The minimum Gasteiger partial charge on any atom is -0.460 e. The highest BCUT2D eigenvalue weighted by molar-refractivity contribution is 5.87. The number of rotatable bonds is 12. The lowest BCUT2D eigenvalue weighted by atomic mass is 10.2. The normalized spacial score (nSPS) is 10.5. The van der Waals surface area contributed by atoms with Crippen LogP contribution in [0.4, 0.5) is 22.7 Å². The van der Waals surface area contributed by atoms with Crippen molar-refractivity contribution in [1.82, 2.24) is 0 Å². The molecule has 0 radical (unpaired) electrons. The lowest BCUT2D eigenvalue weighted by molar-refractivity contribution is -0.384. The van der Waals surface area contributed by atoms with Gasteiger partial charge < -0.3 is 14.4 Å². The summed E-state index contributed by atoms with van der Waals surface area (Å²) in [7, 11) is 0. The lowest BCUT2D eigenvalue weighted by Gasteiger charge is -2.24. The van der Waals surface area contributed by atoms with Crippen LogP contribution in [0.5, 0.6) is 0 Å². The van der Waals surface area contributed by atoms with Gasteiger partial charge in [-0.05, 0) is 50.2 Å². The molecule has 0 aliphatic carbocycles. The third kappa shape index (κ3) is 8.30. The molecule has 0 bridgehead atoms. The summed E-state index contributed by atoms with van der Waals surface area (Å²) in [5, 5.41) is 18.9. The van der Waals surface area contributed by atoms with Crippen LogP contribution in [0.2, 0.25) is 0 Å². The number of nitrogens with zero attached hydrogens (tertiary/aromatic N) is 4. The summed E-state index contributed by atoms with van der Waals surface area (Å²) in [4.78, 5) is 35.4. The molecule has 10 heteroatoms. The van der Waals surface area contributed by atoms with E-state index in [0.717, 1.165) is 5.69 Å². The van der Waals surface area contributed by atoms with Crippen molar-refractivity contribution < 1.29 is 24.0 Å². The van der Waals surface area contributed by atoms with E-state index in [1.165, 1.54) is 24.3 Å². The van der Waals surface area contributed by atoms with E-state index in [1.807, 2.05) is 17.0 Å². The number of carbonyl (C=O) groups is 2. The zero-order valence-electron chi connectivity index (χ0n) is 19.1. The second-order valence-corrected chi connectivity index (χ2v) is 7.31. The fourth-order valence-corrected chi connectivity index (χ4v) is 2.60. The van der Waals surface area contributed by atoms with Gasteiger partial charge in [-0.2, -0.15) is 10.2 Å². The summed E-state index contributed by atoms with van der Waals surface area (Å²) in [6.07, 6.45) is 0. The summed E-state index contributed by atoms with van der Waals surface area (Å²) in [6.45, 7) is 11.2. The number of carbonyl (C=O) groups excluding carboxylic acids is 2. The van der Waals surface area contributed by atoms with E-state index in [4.69, 9.17) is 9.47 Å². The number of anilines is 1. The van der Waals surface area contributed by atoms with Crippen molar-refractivity contribution in [3.05, 3.63) is 82.9 Å². The second-order valence-electron chi connectivity index (χ2n) is 7.31. The first-order chi connectivity index (χ1) is 16.2. The quantitative estimate of drug-likeness (QED) is 0.141. The van der Waals surface area contributed by atoms with Gasteiger partial charge in [0.1, 0.15) is 13.2 Å². The average molecular weight is 466 g/mol. The summed E-state index contributed by atoms with van der Waals surface area (Å²) < 4.78 is 10.4. The maximum absolute atomic E-state index is 11.6. The first-order valence-corrected chi connectivity index (χ1v) is 10.3. The minimum absolute atomic E-state index is 0.0220. The van der Waals surface area contributed by atoms with Gasteiger partial charge in [-0.3, -0.25) is 10.1 Å². The Morgan fingerprint density at radius 2 is 1.26 bits per heavy atom. The largest absolute Gasteiger partial charge is 0.460 e. The van der Waals surface area contributed by atoms with Crippen LogP contribution in [0.25, 0.3) is 0 Å². The van der Waals surface area contributed by atoms with Crippen LogP contribution in [0, 0.1) is 10.1 Å². The van der Waals surface area contributed by atoms with Gasteiger partial charge in [-0.25, -0.2) is 9.59 Å². The third-order valence-corrected chi connectivity index (χ3v) is 4.44. The summed E-state index contributed by atoms with van der Waals surface area (Å²) in [5.41, 5.74) is 2.45. The van der Waals surface area contributed by atoms with E-state index < -0.39 is 16.9 Å². The SMILES string of the molecule is C=C(C)C(=O)OCCN(CCOC(=O)C(=C)C)c1ccc(N=Nc2ccc([N+](=O)[O-])cc2)cc1. The molecule has 2 aromatic carbocycles. The van der Waals surface area contributed by atoms with Gasteiger partial charge in [0, 0.05) is 29.0 Å². The van der Waals surface area contributed by atoms with Crippen molar-refractivity contribution in [1.29, 1.82) is 0 Å². The predicted octanol–water partition coefficient (Wildman–Crippen LogP) is 5.06. The third-order valence-electron chi connectivity index (χ3n) is 4.44. The van der Waals surface area contributed by atoms with Gasteiger partial charge >= 0.3 is 11.9 Å². The van der Waals surface area contributed by atoms with Gasteiger partial charge in [0.25, 0.3) is 5.69 Å². The van der Waals surface area contributed by atoms with Crippen molar-refractivity contribution in [2.75, 3.05) is 31.2 Å². The number of esters is 2. The highest BCUT2D eigenvalue weighted by Gasteiger charge is 2.11. The summed E-state index contributed by atoms with van der Waals surface area (Å²) in [6, 6.07) is 12.9. The zero-order chi connectivity index (χ0) is 25.1. The molecule has 0 aliphatic rings. The number of ether oxygens (including phenoxy) is 2. The van der Waals surface area contributed by atoms with E-state index >= 15 is 0 Å². The second kappa shape index (κ2) is 12.6. The van der Waals surface area contributed by atoms with Crippen molar-refractivity contribution in [2.24, 2.45) is 10.2 Å². The number of hydrogen-bond donors (Lipinski definition) is 0. The number of hydrogen-bond acceptors (Lipinski definition) is 9. The van der Waals surface area contributed by atoms with Crippen molar-refractivity contribution >= 4 is 34.7 Å². The fourth-order valence-electron chi connectivity index (χ4n) is 2.60. The monoisotopic (exact) mass is 466 g/mol. The molecule has 0 fully saturated rings. The molecule has 0 aromatic heterocycles. The Labute approximate surface area is 197 Å². The van der Waals surface area contributed by atoms with Gasteiger partial charge in [0.15, 0.2) is 0 Å². The lowest BCUT2D eigenvalue weighted by Crippen LogP contribution is -2.32. The molecule has 0 heterocycles. The van der Waals surface area contributed by atoms with Crippen LogP contribution in [-0.4, -0.2) is 43.2 Å². The smallest absolute Gasteiger partial charge is 0.333 e.